The molecule has 0 spiro atoms. The minimum Gasteiger partial charge on any atom is -0.344 e. The Labute approximate surface area is 178 Å². The fraction of sp³-hybridized carbons (Fsp3) is 0.143. The largest absolute Gasteiger partial charge is 0.344 e. The maximum Gasteiger partial charge on any atom is 0.0490 e. The third-order valence-electron chi connectivity index (χ3n) is 5.99. The first-order chi connectivity index (χ1) is 14.5. The molecule has 0 aliphatic heterocycles. The van der Waals surface area contributed by atoms with Gasteiger partial charge in [-0.1, -0.05) is 47.0 Å². The minimum absolute atomic E-state index is 1.17. The zero-order valence-electron chi connectivity index (χ0n) is 18.0. The van der Waals surface area contributed by atoms with E-state index in [1.165, 1.54) is 55.6 Å². The highest BCUT2D eigenvalue weighted by atomic mass is 15.1. The summed E-state index contributed by atoms with van der Waals surface area (Å²) in [7, 11) is 2.15. The third-order valence-corrected chi connectivity index (χ3v) is 5.99. The average Bonchev–Trinajstić information content (AvgIpc) is 3.02. The summed E-state index contributed by atoms with van der Waals surface area (Å²) in [5, 5.41) is 2.60. The molecule has 2 heteroatoms. The number of aromatic nitrogens is 1. The van der Waals surface area contributed by atoms with Gasteiger partial charge in [0.15, 0.2) is 0 Å². The Morgan fingerprint density at radius 3 is 1.50 bits per heavy atom. The van der Waals surface area contributed by atoms with E-state index in [1.54, 1.807) is 0 Å². The van der Waals surface area contributed by atoms with E-state index in [-0.39, 0.29) is 0 Å². The number of rotatable bonds is 3. The Hall–Kier alpha value is -3.52. The zero-order chi connectivity index (χ0) is 20.8. The fourth-order valence-electron chi connectivity index (χ4n) is 4.29. The van der Waals surface area contributed by atoms with Crippen molar-refractivity contribution in [3.63, 3.8) is 0 Å². The molecule has 0 aliphatic rings. The van der Waals surface area contributed by atoms with Crippen LogP contribution in [0.5, 0.6) is 0 Å². The number of benzene rings is 4. The lowest BCUT2D eigenvalue weighted by atomic mass is 10.1. The third kappa shape index (κ3) is 3.05. The van der Waals surface area contributed by atoms with E-state index >= 15 is 0 Å². The first-order valence-electron chi connectivity index (χ1n) is 10.4. The minimum atomic E-state index is 1.17. The van der Waals surface area contributed by atoms with E-state index in [0.717, 1.165) is 0 Å². The number of hydrogen-bond acceptors (Lipinski definition) is 1. The highest BCUT2D eigenvalue weighted by Gasteiger charge is 2.15. The van der Waals surface area contributed by atoms with E-state index < -0.39 is 0 Å². The van der Waals surface area contributed by atoms with E-state index in [1.807, 2.05) is 0 Å². The molecule has 4 aromatic carbocycles. The average molecular weight is 391 g/mol. The van der Waals surface area contributed by atoms with Gasteiger partial charge >= 0.3 is 0 Å². The number of fused-ring (bicyclic) bond motifs is 3. The predicted molar refractivity (Wildman–Crippen MR) is 129 cm³/mol. The molecule has 2 nitrogen and oxygen atoms in total. The van der Waals surface area contributed by atoms with Crippen molar-refractivity contribution < 1.29 is 0 Å². The lowest BCUT2D eigenvalue weighted by Crippen LogP contribution is -2.09. The molecule has 0 fully saturated rings. The van der Waals surface area contributed by atoms with Gasteiger partial charge in [-0.05, 0) is 75.4 Å². The quantitative estimate of drug-likeness (QED) is 0.306. The maximum absolute atomic E-state index is 2.34. The molecular formula is C28H26N2. The summed E-state index contributed by atoms with van der Waals surface area (Å²) in [6.07, 6.45) is 0. The van der Waals surface area contributed by atoms with E-state index in [0.29, 0.717) is 0 Å². The summed E-state index contributed by atoms with van der Waals surface area (Å²) in [5.74, 6) is 0. The first-order valence-corrected chi connectivity index (χ1v) is 10.4. The molecule has 1 heterocycles. The normalized spacial score (nSPS) is 11.3. The van der Waals surface area contributed by atoms with Gasteiger partial charge in [0.05, 0.1) is 0 Å². The highest BCUT2D eigenvalue weighted by Crippen LogP contribution is 2.38. The summed E-state index contributed by atoms with van der Waals surface area (Å²) >= 11 is 0. The first kappa shape index (κ1) is 18.5. The number of nitrogens with zero attached hydrogens (tertiary/aromatic N) is 2. The van der Waals surface area contributed by atoms with Crippen molar-refractivity contribution in [1.29, 1.82) is 0 Å². The summed E-state index contributed by atoms with van der Waals surface area (Å²) in [6.45, 7) is 6.42. The SMILES string of the molecule is Cc1ccc(N(c2ccc(C)cc2)c2ccc3c(c2)c2cc(C)ccc2n3C)cc1. The summed E-state index contributed by atoms with van der Waals surface area (Å²) < 4.78 is 2.29. The van der Waals surface area contributed by atoms with Crippen LogP contribution in [-0.2, 0) is 7.05 Å². The molecule has 0 radical (unpaired) electrons. The molecule has 148 valence electrons. The van der Waals surface area contributed by atoms with Crippen LogP contribution in [0, 0.1) is 20.8 Å². The van der Waals surface area contributed by atoms with Crippen LogP contribution in [0.25, 0.3) is 21.8 Å². The van der Waals surface area contributed by atoms with Crippen molar-refractivity contribution >= 4 is 38.9 Å². The topological polar surface area (TPSA) is 8.17 Å². The molecule has 5 aromatic rings. The predicted octanol–water partition coefficient (Wildman–Crippen LogP) is 7.73. The fourth-order valence-corrected chi connectivity index (χ4v) is 4.29. The molecule has 0 unspecified atom stereocenters. The van der Waals surface area contributed by atoms with Crippen LogP contribution in [0.3, 0.4) is 0 Å². The molecule has 0 bridgehead atoms. The molecule has 0 amide bonds. The standard InChI is InChI=1S/C28H26N2/c1-19-5-10-22(11-6-19)30(23-12-7-20(2)8-13-23)24-14-16-28-26(18-24)25-17-21(3)9-15-27(25)29(28)4/h5-18H,1-4H3. The van der Waals surface area contributed by atoms with Crippen molar-refractivity contribution in [2.45, 2.75) is 20.8 Å². The van der Waals surface area contributed by atoms with Crippen LogP contribution >= 0.6 is 0 Å². The molecule has 30 heavy (non-hydrogen) atoms. The monoisotopic (exact) mass is 390 g/mol. The Morgan fingerprint density at radius 2 is 0.933 bits per heavy atom. The Kier molecular flexibility index (Phi) is 4.36. The van der Waals surface area contributed by atoms with Crippen LogP contribution in [0.1, 0.15) is 16.7 Å². The molecule has 5 rings (SSSR count). The van der Waals surface area contributed by atoms with Crippen molar-refractivity contribution in [2.75, 3.05) is 4.90 Å². The van der Waals surface area contributed by atoms with Crippen LogP contribution in [0.4, 0.5) is 17.1 Å². The van der Waals surface area contributed by atoms with Gasteiger partial charge in [0.1, 0.15) is 0 Å². The van der Waals surface area contributed by atoms with Gasteiger partial charge in [-0.25, -0.2) is 0 Å². The second-order valence-corrected chi connectivity index (χ2v) is 8.29. The van der Waals surface area contributed by atoms with Gasteiger partial charge in [0.2, 0.25) is 0 Å². The van der Waals surface area contributed by atoms with Crippen LogP contribution in [0.15, 0.2) is 84.9 Å². The second kappa shape index (κ2) is 7.07. The number of anilines is 3. The number of hydrogen-bond donors (Lipinski definition) is 0. The Morgan fingerprint density at radius 1 is 0.500 bits per heavy atom. The van der Waals surface area contributed by atoms with Gasteiger partial charge in [-0.15, -0.1) is 0 Å². The van der Waals surface area contributed by atoms with Crippen molar-refractivity contribution in [3.8, 4) is 0 Å². The van der Waals surface area contributed by atoms with Crippen molar-refractivity contribution in [1.82, 2.24) is 4.57 Å². The van der Waals surface area contributed by atoms with Crippen LogP contribution in [-0.4, -0.2) is 4.57 Å². The smallest absolute Gasteiger partial charge is 0.0490 e. The van der Waals surface area contributed by atoms with Gasteiger partial charge < -0.3 is 9.47 Å². The lowest BCUT2D eigenvalue weighted by molar-refractivity contribution is 1.01. The molecule has 0 aliphatic carbocycles. The Balaban J connectivity index is 1.76. The van der Waals surface area contributed by atoms with Crippen molar-refractivity contribution in [2.24, 2.45) is 7.05 Å². The van der Waals surface area contributed by atoms with E-state index in [4.69, 9.17) is 0 Å². The van der Waals surface area contributed by atoms with E-state index in [2.05, 4.69) is 122 Å². The summed E-state index contributed by atoms with van der Waals surface area (Å²) in [4.78, 5) is 2.34. The van der Waals surface area contributed by atoms with Crippen molar-refractivity contribution in [3.05, 3.63) is 102 Å². The van der Waals surface area contributed by atoms with Gasteiger partial charge in [-0.2, -0.15) is 0 Å². The highest BCUT2D eigenvalue weighted by molar-refractivity contribution is 6.09. The molecule has 0 atom stereocenters. The van der Waals surface area contributed by atoms with Gasteiger partial charge in [-0.3, -0.25) is 0 Å². The molecule has 0 saturated heterocycles. The molecular weight excluding hydrogens is 364 g/mol. The summed E-state index contributed by atoms with van der Waals surface area (Å²) in [6, 6.07) is 31.0. The number of aryl methyl sites for hydroxylation is 4. The zero-order valence-corrected chi connectivity index (χ0v) is 18.0. The van der Waals surface area contributed by atoms with Crippen LogP contribution in [0.2, 0.25) is 0 Å². The second-order valence-electron chi connectivity index (χ2n) is 8.29. The van der Waals surface area contributed by atoms with E-state index in [9.17, 15) is 0 Å². The molecule has 0 saturated carbocycles. The molecule has 1 aromatic heterocycles. The molecule has 0 N–H and O–H groups in total. The summed E-state index contributed by atoms with van der Waals surface area (Å²) in [5.41, 5.74) is 9.85. The van der Waals surface area contributed by atoms with Gasteiger partial charge in [0, 0.05) is 45.9 Å². The van der Waals surface area contributed by atoms with Crippen LogP contribution < -0.4 is 4.90 Å². The Bertz CT molecular complexity index is 1310. The van der Waals surface area contributed by atoms with Gasteiger partial charge in [0.25, 0.3) is 0 Å². The maximum atomic E-state index is 2.34. The lowest BCUT2D eigenvalue weighted by Gasteiger charge is -2.26.